The molecule has 2 aliphatic carbocycles. The number of fused-ring (bicyclic) bond motifs is 2. The van der Waals surface area contributed by atoms with Crippen LogP contribution < -0.4 is 10.4 Å². The molecule has 0 radical (unpaired) electrons. The van der Waals surface area contributed by atoms with Crippen molar-refractivity contribution in [3.05, 3.63) is 52.9 Å². The number of benzene rings is 1. The smallest absolute Gasteiger partial charge is 0.336 e. The number of aliphatic hydroxyl groups excluding tert-OH is 8. The lowest BCUT2D eigenvalue weighted by atomic mass is 9.46. The molecule has 4 fully saturated rings. The third-order valence-electron chi connectivity index (χ3n) is 11.7. The van der Waals surface area contributed by atoms with E-state index in [0.29, 0.717) is 30.6 Å². The Labute approximate surface area is 294 Å². The summed E-state index contributed by atoms with van der Waals surface area (Å²) in [5.74, 6) is 0.00418. The van der Waals surface area contributed by atoms with Crippen LogP contribution >= 0.6 is 0 Å². The standard InChI is InChI=1S/C36H50O15/c1-16-11-21(49-34-31(45)29(43)27(41)23(51-34)15-47-33-30(44)28(42)26(40)22(13-37)50-33)32-35(2,3)24(38)9-10-36(32,4)19(16)14-46-18-7-5-17-6-8-25(39)48-20(17)12-18/h5-8,12,19,21-24,26-34,37-38,40-45H,1,9-11,13-15H2,2-4H3. The minimum absolute atomic E-state index is 0.183. The lowest BCUT2D eigenvalue weighted by Crippen LogP contribution is -2.64. The molecule has 6 rings (SSSR count). The number of rotatable bonds is 9. The van der Waals surface area contributed by atoms with Gasteiger partial charge in [0, 0.05) is 23.4 Å². The lowest BCUT2D eigenvalue weighted by molar-refractivity contribution is -0.343. The van der Waals surface area contributed by atoms with Crippen LogP contribution in [0, 0.1) is 22.7 Å². The van der Waals surface area contributed by atoms with Crippen molar-refractivity contribution in [1.82, 2.24) is 0 Å². The van der Waals surface area contributed by atoms with Gasteiger partial charge < -0.3 is 69.0 Å². The van der Waals surface area contributed by atoms with Crippen LogP contribution in [0.1, 0.15) is 40.0 Å². The minimum atomic E-state index is -1.72. The Bertz CT molecular complexity index is 1590. The van der Waals surface area contributed by atoms with Gasteiger partial charge in [0.1, 0.15) is 60.2 Å². The summed E-state index contributed by atoms with van der Waals surface area (Å²) >= 11 is 0. The van der Waals surface area contributed by atoms with Gasteiger partial charge in [-0.2, -0.15) is 0 Å². The molecule has 0 amide bonds. The maximum absolute atomic E-state index is 11.8. The number of ether oxygens (including phenoxy) is 5. The molecule has 0 spiro atoms. The van der Waals surface area contributed by atoms with E-state index in [1.165, 1.54) is 6.07 Å². The van der Waals surface area contributed by atoms with E-state index in [2.05, 4.69) is 13.5 Å². The molecule has 8 N–H and O–H groups in total. The molecule has 1 aromatic heterocycles. The molecule has 3 heterocycles. The Hall–Kier alpha value is -2.51. The summed E-state index contributed by atoms with van der Waals surface area (Å²) in [7, 11) is 0. The van der Waals surface area contributed by atoms with Crippen molar-refractivity contribution in [3.8, 4) is 5.75 Å². The first kappa shape index (κ1) is 38.2. The Morgan fingerprint density at radius 2 is 1.49 bits per heavy atom. The van der Waals surface area contributed by atoms with Crippen molar-refractivity contribution in [2.24, 2.45) is 22.7 Å². The van der Waals surface area contributed by atoms with Crippen molar-refractivity contribution in [1.29, 1.82) is 0 Å². The molecule has 0 bridgehead atoms. The van der Waals surface area contributed by atoms with E-state index in [0.717, 1.165) is 11.0 Å². The second-order valence-electron chi connectivity index (χ2n) is 15.3. The zero-order valence-corrected chi connectivity index (χ0v) is 28.9. The highest BCUT2D eigenvalue weighted by Crippen LogP contribution is 2.61. The largest absolute Gasteiger partial charge is 0.493 e. The van der Waals surface area contributed by atoms with Crippen molar-refractivity contribution in [2.45, 2.75) is 114 Å². The molecule has 15 atom stereocenters. The van der Waals surface area contributed by atoms with Gasteiger partial charge in [0.05, 0.1) is 32.0 Å². The fraction of sp³-hybridized carbons (Fsp3) is 0.694. The Morgan fingerprint density at radius 3 is 2.20 bits per heavy atom. The molecule has 284 valence electrons. The third kappa shape index (κ3) is 7.12. The third-order valence-corrected chi connectivity index (χ3v) is 11.7. The predicted molar refractivity (Wildman–Crippen MR) is 177 cm³/mol. The molecule has 4 aliphatic rings. The first-order valence-corrected chi connectivity index (χ1v) is 17.4. The van der Waals surface area contributed by atoms with Gasteiger partial charge in [0.2, 0.25) is 0 Å². The molecule has 1 aromatic carbocycles. The molecule has 15 nitrogen and oxygen atoms in total. The van der Waals surface area contributed by atoms with Crippen molar-refractivity contribution in [3.63, 3.8) is 0 Å². The fourth-order valence-electron chi connectivity index (χ4n) is 8.79. The van der Waals surface area contributed by atoms with Gasteiger partial charge in [-0.15, -0.1) is 0 Å². The van der Waals surface area contributed by atoms with Crippen LogP contribution in [0.25, 0.3) is 11.0 Å². The fourth-order valence-corrected chi connectivity index (χ4v) is 8.79. The van der Waals surface area contributed by atoms with Gasteiger partial charge in [-0.1, -0.05) is 32.9 Å². The molecule has 2 saturated heterocycles. The second-order valence-corrected chi connectivity index (χ2v) is 15.3. The van der Waals surface area contributed by atoms with Crippen LogP contribution in [-0.2, 0) is 18.9 Å². The van der Waals surface area contributed by atoms with Gasteiger partial charge >= 0.3 is 5.63 Å². The van der Waals surface area contributed by atoms with E-state index in [-0.39, 0.29) is 18.4 Å². The zero-order chi connectivity index (χ0) is 37.0. The van der Waals surface area contributed by atoms with E-state index in [1.807, 2.05) is 13.8 Å². The van der Waals surface area contributed by atoms with Crippen LogP contribution in [0.4, 0.5) is 0 Å². The van der Waals surface area contributed by atoms with Crippen molar-refractivity contribution < 1.29 is 69.0 Å². The molecular weight excluding hydrogens is 672 g/mol. The van der Waals surface area contributed by atoms with Gasteiger partial charge in [-0.25, -0.2) is 4.79 Å². The summed E-state index contributed by atoms with van der Waals surface area (Å²) in [6.07, 6.45) is -15.4. The van der Waals surface area contributed by atoms with E-state index < -0.39 is 103 Å². The normalized spacial score (nSPS) is 42.8. The molecule has 2 saturated carbocycles. The van der Waals surface area contributed by atoms with Crippen LogP contribution in [0.5, 0.6) is 5.75 Å². The van der Waals surface area contributed by atoms with E-state index in [4.69, 9.17) is 28.1 Å². The highest BCUT2D eigenvalue weighted by Gasteiger charge is 2.61. The Morgan fingerprint density at radius 1 is 0.843 bits per heavy atom. The first-order valence-electron chi connectivity index (χ1n) is 17.4. The summed E-state index contributed by atoms with van der Waals surface area (Å²) in [6, 6.07) is 8.30. The highest BCUT2D eigenvalue weighted by molar-refractivity contribution is 5.77. The molecular formula is C36H50O15. The average molecular weight is 723 g/mol. The van der Waals surface area contributed by atoms with Crippen molar-refractivity contribution >= 4 is 11.0 Å². The summed E-state index contributed by atoms with van der Waals surface area (Å²) < 4.78 is 35.0. The number of hydrogen-bond donors (Lipinski definition) is 8. The quantitative estimate of drug-likeness (QED) is 0.121. The summed E-state index contributed by atoms with van der Waals surface area (Å²) in [6.45, 7) is 9.52. The second kappa shape index (κ2) is 14.7. The van der Waals surface area contributed by atoms with E-state index in [9.17, 15) is 45.6 Å². The summed E-state index contributed by atoms with van der Waals surface area (Å²) in [5, 5.41) is 84.7. The monoisotopic (exact) mass is 722 g/mol. The van der Waals surface area contributed by atoms with E-state index in [1.54, 1.807) is 24.3 Å². The minimum Gasteiger partial charge on any atom is -0.493 e. The maximum atomic E-state index is 11.8. The number of aliphatic hydroxyl groups is 8. The van der Waals surface area contributed by atoms with Crippen LogP contribution in [-0.4, -0.2) is 134 Å². The van der Waals surface area contributed by atoms with Crippen LogP contribution in [0.15, 0.2) is 51.7 Å². The first-order chi connectivity index (χ1) is 24.1. The van der Waals surface area contributed by atoms with Crippen LogP contribution in [0.2, 0.25) is 0 Å². The maximum Gasteiger partial charge on any atom is 0.336 e. The van der Waals surface area contributed by atoms with Crippen molar-refractivity contribution in [2.75, 3.05) is 19.8 Å². The van der Waals surface area contributed by atoms with Gasteiger partial charge in [0.25, 0.3) is 0 Å². The lowest BCUT2D eigenvalue weighted by Gasteiger charge is -2.61. The Kier molecular flexibility index (Phi) is 11.0. The molecule has 2 aromatic rings. The Balaban J connectivity index is 1.19. The van der Waals surface area contributed by atoms with Gasteiger partial charge in [-0.3, -0.25) is 0 Å². The average Bonchev–Trinajstić information content (AvgIpc) is 3.08. The molecule has 2 aliphatic heterocycles. The number of hydrogen-bond acceptors (Lipinski definition) is 15. The van der Waals surface area contributed by atoms with E-state index >= 15 is 0 Å². The highest BCUT2D eigenvalue weighted by atomic mass is 16.7. The molecule has 15 unspecified atom stereocenters. The SMILES string of the molecule is C=C1CC(OC2OC(COC3OC(CO)C(O)C(O)C3O)C(O)C(O)C2O)C2C(C)(C)C(O)CCC2(C)C1COc1ccc2ccc(=O)oc2c1. The summed E-state index contributed by atoms with van der Waals surface area (Å²) in [4.78, 5) is 11.8. The zero-order valence-electron chi connectivity index (χ0n) is 28.9. The predicted octanol–water partition coefficient (Wildman–Crippen LogP) is -0.439. The van der Waals surface area contributed by atoms with Crippen LogP contribution in [0.3, 0.4) is 0 Å². The summed E-state index contributed by atoms with van der Waals surface area (Å²) in [5.41, 5.74) is -0.461. The topological polar surface area (TPSA) is 238 Å². The molecule has 15 heteroatoms. The molecule has 51 heavy (non-hydrogen) atoms. The van der Waals surface area contributed by atoms with Gasteiger partial charge in [-0.05, 0) is 54.2 Å². The van der Waals surface area contributed by atoms with Gasteiger partial charge in [0.15, 0.2) is 12.6 Å².